The fourth-order valence-corrected chi connectivity index (χ4v) is 2.63. The number of amides is 2. The van der Waals surface area contributed by atoms with Crippen molar-refractivity contribution in [2.45, 2.75) is 26.2 Å². The van der Waals surface area contributed by atoms with Crippen molar-refractivity contribution in [3.8, 4) is 0 Å². The van der Waals surface area contributed by atoms with Crippen LogP contribution in [0.15, 0.2) is 24.3 Å². The number of nitrogens with one attached hydrogen (secondary N) is 2. The molecule has 1 aromatic rings. The second kappa shape index (κ2) is 8.08. The van der Waals surface area contributed by atoms with E-state index in [9.17, 15) is 9.59 Å². The Labute approximate surface area is 136 Å². The van der Waals surface area contributed by atoms with Gasteiger partial charge in [0.05, 0.1) is 5.41 Å². The van der Waals surface area contributed by atoms with Crippen molar-refractivity contribution in [2.75, 3.05) is 31.6 Å². The maximum atomic E-state index is 12.6. The van der Waals surface area contributed by atoms with E-state index < -0.39 is 5.41 Å². The molecule has 0 radical (unpaired) electrons. The largest absolute Gasteiger partial charge is 0.381 e. The quantitative estimate of drug-likeness (QED) is 0.741. The fourth-order valence-electron chi connectivity index (χ4n) is 2.63. The van der Waals surface area contributed by atoms with Crippen molar-refractivity contribution in [1.29, 1.82) is 0 Å². The van der Waals surface area contributed by atoms with E-state index in [-0.39, 0.29) is 11.8 Å². The summed E-state index contributed by atoms with van der Waals surface area (Å²) >= 11 is 0. The number of hydrogen-bond donors (Lipinski definition) is 3. The summed E-state index contributed by atoms with van der Waals surface area (Å²) in [5, 5.41) is 5.72. The molecule has 1 fully saturated rings. The van der Waals surface area contributed by atoms with Gasteiger partial charge in [0, 0.05) is 37.6 Å². The van der Waals surface area contributed by atoms with Gasteiger partial charge in [-0.05, 0) is 37.5 Å². The van der Waals surface area contributed by atoms with Gasteiger partial charge in [0.15, 0.2) is 0 Å². The number of benzene rings is 1. The molecule has 0 bridgehead atoms. The number of ether oxygens (including phenoxy) is 1. The van der Waals surface area contributed by atoms with Crippen molar-refractivity contribution in [3.63, 3.8) is 0 Å². The van der Waals surface area contributed by atoms with Crippen molar-refractivity contribution in [3.05, 3.63) is 29.8 Å². The van der Waals surface area contributed by atoms with Crippen LogP contribution in [-0.2, 0) is 9.53 Å². The minimum absolute atomic E-state index is 0.102. The third-order valence-corrected chi connectivity index (χ3v) is 4.24. The van der Waals surface area contributed by atoms with Crippen LogP contribution in [-0.4, -0.2) is 38.1 Å². The number of rotatable bonds is 6. The maximum Gasteiger partial charge on any atom is 0.251 e. The molecule has 126 valence electrons. The number of nitrogens with two attached hydrogens (primary N) is 1. The summed E-state index contributed by atoms with van der Waals surface area (Å²) in [6.45, 7) is 4.01. The van der Waals surface area contributed by atoms with Crippen LogP contribution in [0.1, 0.15) is 36.5 Å². The average Bonchev–Trinajstić information content (AvgIpc) is 2.60. The summed E-state index contributed by atoms with van der Waals surface area (Å²) in [6, 6.07) is 6.95. The summed E-state index contributed by atoms with van der Waals surface area (Å²) in [5.74, 6) is -0.239. The minimum Gasteiger partial charge on any atom is -0.381 e. The van der Waals surface area contributed by atoms with E-state index >= 15 is 0 Å². The third-order valence-electron chi connectivity index (χ3n) is 4.24. The second-order valence-electron chi connectivity index (χ2n) is 5.89. The van der Waals surface area contributed by atoms with Crippen molar-refractivity contribution < 1.29 is 14.3 Å². The summed E-state index contributed by atoms with van der Waals surface area (Å²) in [5.41, 5.74) is 6.40. The first-order chi connectivity index (χ1) is 11.1. The summed E-state index contributed by atoms with van der Waals surface area (Å²) in [4.78, 5) is 24.6. The molecule has 23 heavy (non-hydrogen) atoms. The van der Waals surface area contributed by atoms with Crippen LogP contribution in [0.4, 0.5) is 5.69 Å². The maximum absolute atomic E-state index is 12.6. The molecule has 2 amide bonds. The first-order valence-corrected chi connectivity index (χ1v) is 8.09. The molecule has 0 aromatic heterocycles. The molecule has 1 heterocycles. The highest BCUT2D eigenvalue weighted by atomic mass is 16.5. The number of carbonyl (C=O) groups is 2. The van der Waals surface area contributed by atoms with Crippen LogP contribution < -0.4 is 16.4 Å². The lowest BCUT2D eigenvalue weighted by Gasteiger charge is -2.34. The molecule has 1 aliphatic rings. The molecular formula is C17H25N3O3. The van der Waals surface area contributed by atoms with Gasteiger partial charge in [-0.15, -0.1) is 0 Å². The van der Waals surface area contributed by atoms with Gasteiger partial charge in [-0.3, -0.25) is 9.59 Å². The Kier molecular flexibility index (Phi) is 6.12. The molecular weight excluding hydrogens is 294 g/mol. The number of hydrogen-bond acceptors (Lipinski definition) is 4. The van der Waals surface area contributed by atoms with E-state index in [0.717, 1.165) is 6.42 Å². The number of carbonyl (C=O) groups excluding carboxylic acids is 2. The van der Waals surface area contributed by atoms with Gasteiger partial charge >= 0.3 is 0 Å². The summed E-state index contributed by atoms with van der Waals surface area (Å²) in [7, 11) is 0. The Bertz CT molecular complexity index is 554. The Morgan fingerprint density at radius 1 is 1.30 bits per heavy atom. The van der Waals surface area contributed by atoms with Gasteiger partial charge < -0.3 is 21.1 Å². The zero-order valence-electron chi connectivity index (χ0n) is 13.6. The van der Waals surface area contributed by atoms with Gasteiger partial charge in [-0.25, -0.2) is 0 Å². The van der Waals surface area contributed by atoms with Crippen molar-refractivity contribution in [2.24, 2.45) is 11.1 Å². The standard InChI is InChI=1S/C17H25N3O3/c1-2-8-19-15(21)13-4-3-5-14(11-13)20-16(22)17(12-18)6-9-23-10-7-17/h3-5,11H,2,6-10,12,18H2,1H3,(H,19,21)(H,20,22). The van der Waals surface area contributed by atoms with Crippen LogP contribution in [0, 0.1) is 5.41 Å². The van der Waals surface area contributed by atoms with Crippen LogP contribution in [0.5, 0.6) is 0 Å². The van der Waals surface area contributed by atoms with Gasteiger partial charge in [0.25, 0.3) is 5.91 Å². The molecule has 4 N–H and O–H groups in total. The first-order valence-electron chi connectivity index (χ1n) is 8.09. The Balaban J connectivity index is 2.07. The lowest BCUT2D eigenvalue weighted by molar-refractivity contribution is -0.130. The van der Waals surface area contributed by atoms with Gasteiger partial charge in [0.1, 0.15) is 0 Å². The highest BCUT2D eigenvalue weighted by Gasteiger charge is 2.38. The van der Waals surface area contributed by atoms with Gasteiger partial charge in [-0.1, -0.05) is 13.0 Å². The Morgan fingerprint density at radius 3 is 2.70 bits per heavy atom. The minimum atomic E-state index is -0.585. The number of anilines is 1. The Hall–Kier alpha value is -1.92. The van der Waals surface area contributed by atoms with Crippen LogP contribution >= 0.6 is 0 Å². The van der Waals surface area contributed by atoms with Gasteiger partial charge in [-0.2, -0.15) is 0 Å². The molecule has 1 saturated heterocycles. The zero-order chi connectivity index (χ0) is 16.7. The molecule has 1 aliphatic heterocycles. The first kappa shape index (κ1) is 17.4. The molecule has 0 spiro atoms. The van der Waals surface area contributed by atoms with Crippen LogP contribution in [0.25, 0.3) is 0 Å². The van der Waals surface area contributed by atoms with Crippen molar-refractivity contribution in [1.82, 2.24) is 5.32 Å². The highest BCUT2D eigenvalue weighted by Crippen LogP contribution is 2.31. The van der Waals surface area contributed by atoms with E-state index in [1.54, 1.807) is 24.3 Å². The fraction of sp³-hybridized carbons (Fsp3) is 0.529. The third kappa shape index (κ3) is 4.30. The van der Waals surface area contributed by atoms with E-state index in [4.69, 9.17) is 10.5 Å². The summed E-state index contributed by atoms with van der Waals surface area (Å²) in [6.07, 6.45) is 2.11. The molecule has 6 nitrogen and oxygen atoms in total. The zero-order valence-corrected chi connectivity index (χ0v) is 13.6. The summed E-state index contributed by atoms with van der Waals surface area (Å²) < 4.78 is 5.33. The topological polar surface area (TPSA) is 93.5 Å². The molecule has 1 aromatic carbocycles. The molecule has 0 unspecified atom stereocenters. The lowest BCUT2D eigenvalue weighted by Crippen LogP contribution is -2.46. The monoisotopic (exact) mass is 319 g/mol. The van der Waals surface area contributed by atoms with Crippen LogP contribution in [0.3, 0.4) is 0 Å². The van der Waals surface area contributed by atoms with E-state index in [0.29, 0.717) is 50.4 Å². The van der Waals surface area contributed by atoms with E-state index in [2.05, 4.69) is 10.6 Å². The lowest BCUT2D eigenvalue weighted by atomic mass is 9.79. The van der Waals surface area contributed by atoms with Gasteiger partial charge in [0.2, 0.25) is 5.91 Å². The molecule has 0 aliphatic carbocycles. The van der Waals surface area contributed by atoms with Crippen molar-refractivity contribution >= 4 is 17.5 Å². The predicted octanol–water partition coefficient (Wildman–Crippen LogP) is 1.52. The Morgan fingerprint density at radius 2 is 2.04 bits per heavy atom. The smallest absolute Gasteiger partial charge is 0.251 e. The highest BCUT2D eigenvalue weighted by molar-refractivity contribution is 5.98. The molecule has 6 heteroatoms. The van der Waals surface area contributed by atoms with Crippen LogP contribution in [0.2, 0.25) is 0 Å². The molecule has 0 saturated carbocycles. The molecule has 2 rings (SSSR count). The molecule has 0 atom stereocenters. The van der Waals surface area contributed by atoms with E-state index in [1.807, 2.05) is 6.92 Å². The average molecular weight is 319 g/mol. The normalized spacial score (nSPS) is 16.6. The predicted molar refractivity (Wildman–Crippen MR) is 89.2 cm³/mol. The second-order valence-corrected chi connectivity index (χ2v) is 5.89. The SMILES string of the molecule is CCCNC(=O)c1cccc(NC(=O)C2(CN)CCOCC2)c1. The van der Waals surface area contributed by atoms with E-state index in [1.165, 1.54) is 0 Å².